The number of piperidine rings is 1. The second kappa shape index (κ2) is 6.97. The third-order valence-electron chi connectivity index (χ3n) is 4.42. The molecule has 2 fully saturated rings. The second-order valence-electron chi connectivity index (χ2n) is 6.30. The molecule has 20 heavy (non-hydrogen) atoms. The lowest BCUT2D eigenvalue weighted by Gasteiger charge is -2.34. The fourth-order valence-corrected chi connectivity index (χ4v) is 4.61. The third-order valence-corrected chi connectivity index (χ3v) is 5.78. The van der Waals surface area contributed by atoms with Gasteiger partial charge < -0.3 is 5.32 Å². The van der Waals surface area contributed by atoms with Crippen LogP contribution in [0.5, 0.6) is 0 Å². The van der Waals surface area contributed by atoms with Crippen LogP contribution in [-0.4, -0.2) is 41.1 Å². The number of likely N-dealkylation sites (tertiary alicyclic amines) is 1. The summed E-state index contributed by atoms with van der Waals surface area (Å²) in [6.45, 7) is 5.93. The minimum Gasteiger partial charge on any atom is -0.309 e. The zero-order valence-corrected chi connectivity index (χ0v) is 13.2. The van der Waals surface area contributed by atoms with Gasteiger partial charge in [0.25, 0.3) is 0 Å². The predicted octanol–water partition coefficient (Wildman–Crippen LogP) is 3.13. The molecule has 1 N–H and O–H groups in total. The van der Waals surface area contributed by atoms with Crippen LogP contribution < -0.4 is 5.32 Å². The maximum absolute atomic E-state index is 3.90. The number of nitrogens with one attached hydrogen (secondary N) is 1. The van der Waals surface area contributed by atoms with Gasteiger partial charge in [-0.15, -0.1) is 0 Å². The van der Waals surface area contributed by atoms with Crippen LogP contribution >= 0.6 is 11.8 Å². The van der Waals surface area contributed by atoms with Crippen LogP contribution in [0, 0.1) is 0 Å². The summed E-state index contributed by atoms with van der Waals surface area (Å²) in [4.78, 5) is 2.61. The summed E-state index contributed by atoms with van der Waals surface area (Å²) in [5.41, 5.74) is 1.44. The van der Waals surface area contributed by atoms with Crippen LogP contribution in [0.25, 0.3) is 0 Å². The van der Waals surface area contributed by atoms with Crippen LogP contribution in [0.15, 0.2) is 30.3 Å². The zero-order chi connectivity index (χ0) is 13.8. The van der Waals surface area contributed by atoms with Crippen LogP contribution in [0.4, 0.5) is 0 Å². The molecule has 1 aromatic carbocycles. The summed E-state index contributed by atoms with van der Waals surface area (Å²) in [6, 6.07) is 12.3. The highest BCUT2D eigenvalue weighted by atomic mass is 32.2. The van der Waals surface area contributed by atoms with Crippen molar-refractivity contribution >= 4 is 11.8 Å². The van der Waals surface area contributed by atoms with Crippen molar-refractivity contribution in [2.24, 2.45) is 0 Å². The first-order chi connectivity index (χ1) is 9.79. The highest BCUT2D eigenvalue weighted by Crippen LogP contribution is 2.27. The Balaban J connectivity index is 1.49. The van der Waals surface area contributed by atoms with E-state index in [1.54, 1.807) is 0 Å². The molecule has 2 aliphatic rings. The van der Waals surface area contributed by atoms with Gasteiger partial charge in [0.15, 0.2) is 0 Å². The molecule has 2 nitrogen and oxygen atoms in total. The molecule has 0 radical (unpaired) electrons. The van der Waals surface area contributed by atoms with E-state index in [4.69, 9.17) is 0 Å². The Bertz CT molecular complexity index is 409. The van der Waals surface area contributed by atoms with Gasteiger partial charge in [-0.25, -0.2) is 0 Å². The Labute approximate surface area is 127 Å². The first kappa shape index (κ1) is 14.4. The SMILES string of the molecule is CC1CC(NC2CCCN(Cc3ccccc3)C2)CS1. The molecule has 3 unspecified atom stereocenters. The Morgan fingerprint density at radius 2 is 2.10 bits per heavy atom. The van der Waals surface area contributed by atoms with Crippen LogP contribution in [-0.2, 0) is 6.54 Å². The maximum atomic E-state index is 3.90. The molecule has 0 aromatic heterocycles. The van der Waals surface area contributed by atoms with Gasteiger partial charge in [0.05, 0.1) is 0 Å². The molecular weight excluding hydrogens is 264 g/mol. The van der Waals surface area contributed by atoms with E-state index in [1.807, 2.05) is 0 Å². The first-order valence-corrected chi connectivity index (χ1v) is 8.98. The fourth-order valence-electron chi connectivity index (χ4n) is 3.44. The lowest BCUT2D eigenvalue weighted by atomic mass is 10.0. The van der Waals surface area contributed by atoms with Gasteiger partial charge in [0.2, 0.25) is 0 Å². The van der Waals surface area contributed by atoms with Crippen molar-refractivity contribution in [3.05, 3.63) is 35.9 Å². The Kier molecular flexibility index (Phi) is 5.03. The van der Waals surface area contributed by atoms with E-state index in [2.05, 4.69) is 59.2 Å². The smallest absolute Gasteiger partial charge is 0.0234 e. The first-order valence-electron chi connectivity index (χ1n) is 7.93. The third kappa shape index (κ3) is 4.00. The van der Waals surface area contributed by atoms with E-state index in [1.165, 1.54) is 43.7 Å². The molecule has 3 atom stereocenters. The summed E-state index contributed by atoms with van der Waals surface area (Å²) in [5.74, 6) is 1.30. The van der Waals surface area contributed by atoms with Crippen molar-refractivity contribution in [3.63, 3.8) is 0 Å². The molecule has 2 aliphatic heterocycles. The average molecular weight is 290 g/mol. The van der Waals surface area contributed by atoms with E-state index >= 15 is 0 Å². The minimum absolute atomic E-state index is 0.698. The Morgan fingerprint density at radius 1 is 1.25 bits per heavy atom. The molecule has 2 heterocycles. The zero-order valence-electron chi connectivity index (χ0n) is 12.4. The molecule has 1 aromatic rings. The van der Waals surface area contributed by atoms with Gasteiger partial charge in [-0.1, -0.05) is 37.3 Å². The maximum Gasteiger partial charge on any atom is 0.0234 e. The number of thioether (sulfide) groups is 1. The highest BCUT2D eigenvalue weighted by molar-refractivity contribution is 8.00. The largest absolute Gasteiger partial charge is 0.309 e. The molecule has 110 valence electrons. The fraction of sp³-hybridized carbons (Fsp3) is 0.647. The van der Waals surface area contributed by atoms with Gasteiger partial charge in [0.1, 0.15) is 0 Å². The van der Waals surface area contributed by atoms with Gasteiger partial charge in [-0.05, 0) is 31.4 Å². The van der Waals surface area contributed by atoms with Gasteiger partial charge in [0, 0.05) is 36.2 Å². The molecule has 0 aliphatic carbocycles. The lowest BCUT2D eigenvalue weighted by molar-refractivity contribution is 0.177. The molecule has 0 saturated carbocycles. The number of nitrogens with zero attached hydrogens (tertiary/aromatic N) is 1. The second-order valence-corrected chi connectivity index (χ2v) is 7.77. The molecule has 2 saturated heterocycles. The minimum atomic E-state index is 0.698. The summed E-state index contributed by atoms with van der Waals surface area (Å²) in [6.07, 6.45) is 4.03. The number of benzene rings is 1. The predicted molar refractivity (Wildman–Crippen MR) is 88.2 cm³/mol. The number of hydrogen-bond acceptors (Lipinski definition) is 3. The molecule has 3 rings (SSSR count). The van der Waals surface area contributed by atoms with Crippen LogP contribution in [0.2, 0.25) is 0 Å². The van der Waals surface area contributed by atoms with E-state index in [-0.39, 0.29) is 0 Å². The van der Waals surface area contributed by atoms with Crippen LogP contribution in [0.3, 0.4) is 0 Å². The van der Waals surface area contributed by atoms with Crippen molar-refractivity contribution in [2.45, 2.75) is 50.1 Å². The van der Waals surface area contributed by atoms with Gasteiger partial charge >= 0.3 is 0 Å². The Morgan fingerprint density at radius 3 is 2.85 bits per heavy atom. The van der Waals surface area contributed by atoms with Gasteiger partial charge in [-0.3, -0.25) is 4.90 Å². The summed E-state index contributed by atoms with van der Waals surface area (Å²) >= 11 is 2.12. The Hall–Kier alpha value is -0.510. The topological polar surface area (TPSA) is 15.3 Å². The lowest BCUT2D eigenvalue weighted by Crippen LogP contribution is -2.48. The van der Waals surface area contributed by atoms with Crippen molar-refractivity contribution in [1.29, 1.82) is 0 Å². The monoisotopic (exact) mass is 290 g/mol. The number of rotatable bonds is 4. The van der Waals surface area contributed by atoms with E-state index in [0.717, 1.165) is 17.8 Å². The van der Waals surface area contributed by atoms with E-state index < -0.39 is 0 Å². The van der Waals surface area contributed by atoms with Gasteiger partial charge in [-0.2, -0.15) is 11.8 Å². The number of hydrogen-bond donors (Lipinski definition) is 1. The van der Waals surface area contributed by atoms with E-state index in [0.29, 0.717) is 6.04 Å². The van der Waals surface area contributed by atoms with Crippen molar-refractivity contribution < 1.29 is 0 Å². The van der Waals surface area contributed by atoms with E-state index in [9.17, 15) is 0 Å². The summed E-state index contributed by atoms with van der Waals surface area (Å²) in [5, 5.41) is 4.75. The molecule has 3 heteroatoms. The van der Waals surface area contributed by atoms with Crippen molar-refractivity contribution in [3.8, 4) is 0 Å². The normalized spacial score (nSPS) is 31.6. The molecule has 0 bridgehead atoms. The quantitative estimate of drug-likeness (QED) is 0.917. The highest BCUT2D eigenvalue weighted by Gasteiger charge is 2.26. The summed E-state index contributed by atoms with van der Waals surface area (Å²) < 4.78 is 0. The molecule has 0 amide bonds. The summed E-state index contributed by atoms with van der Waals surface area (Å²) in [7, 11) is 0. The van der Waals surface area contributed by atoms with Crippen LogP contribution in [0.1, 0.15) is 31.7 Å². The van der Waals surface area contributed by atoms with Crippen molar-refractivity contribution in [1.82, 2.24) is 10.2 Å². The molecular formula is C17H26N2S. The van der Waals surface area contributed by atoms with Crippen molar-refractivity contribution in [2.75, 3.05) is 18.8 Å². The standard InChI is InChI=1S/C17H26N2S/c1-14-10-17(13-20-14)18-16-8-5-9-19(12-16)11-15-6-3-2-4-7-15/h2-4,6-7,14,16-18H,5,8-13H2,1H3. The average Bonchev–Trinajstić information content (AvgIpc) is 2.86. The molecule has 0 spiro atoms.